The molecule has 15 heavy (non-hydrogen) atoms. The number of hydrogen-bond acceptors (Lipinski definition) is 1. The first-order chi connectivity index (χ1) is 6.88. The molecule has 2 nitrogen and oxygen atoms in total. The van der Waals surface area contributed by atoms with E-state index in [1.807, 2.05) is 13.8 Å². The lowest BCUT2D eigenvalue weighted by Gasteiger charge is -2.22. The van der Waals surface area contributed by atoms with E-state index in [2.05, 4.69) is 32.2 Å². The van der Waals surface area contributed by atoms with Crippen LogP contribution in [0.2, 0.25) is 0 Å². The fraction of sp³-hybridized carbons (Fsp3) is 0.769. The van der Waals surface area contributed by atoms with E-state index < -0.39 is 0 Å². The molecule has 1 N–H and O–H groups in total. The SMILES string of the molecule is CC=C(CC(C)C(C)C)C(C)NC(C)=O. The van der Waals surface area contributed by atoms with Crippen molar-refractivity contribution in [2.75, 3.05) is 0 Å². The second kappa shape index (κ2) is 6.65. The highest BCUT2D eigenvalue weighted by Gasteiger charge is 2.14. The molecule has 0 aliphatic rings. The minimum Gasteiger partial charge on any atom is -0.350 e. The molecule has 0 radical (unpaired) electrons. The van der Waals surface area contributed by atoms with Gasteiger partial charge in [0.2, 0.25) is 5.91 Å². The standard InChI is InChI=1S/C13H25NO/c1-7-13(8-10(4)9(2)3)11(5)14-12(6)15/h7,9-11H,8H2,1-6H3,(H,14,15). The van der Waals surface area contributed by atoms with Crippen molar-refractivity contribution in [2.24, 2.45) is 11.8 Å². The summed E-state index contributed by atoms with van der Waals surface area (Å²) in [4.78, 5) is 11.0. The smallest absolute Gasteiger partial charge is 0.217 e. The third-order valence-corrected chi connectivity index (χ3v) is 3.04. The first kappa shape index (κ1) is 14.2. The van der Waals surface area contributed by atoms with Crippen LogP contribution in [0.3, 0.4) is 0 Å². The Morgan fingerprint density at radius 2 is 1.80 bits per heavy atom. The lowest BCUT2D eigenvalue weighted by molar-refractivity contribution is -0.119. The van der Waals surface area contributed by atoms with Crippen LogP contribution in [-0.4, -0.2) is 11.9 Å². The lowest BCUT2D eigenvalue weighted by atomic mass is 9.88. The summed E-state index contributed by atoms with van der Waals surface area (Å²) >= 11 is 0. The van der Waals surface area contributed by atoms with Gasteiger partial charge in [0, 0.05) is 13.0 Å². The van der Waals surface area contributed by atoms with Crippen molar-refractivity contribution in [1.29, 1.82) is 0 Å². The van der Waals surface area contributed by atoms with E-state index in [1.165, 1.54) is 5.57 Å². The highest BCUT2D eigenvalue weighted by atomic mass is 16.1. The Morgan fingerprint density at radius 3 is 2.13 bits per heavy atom. The van der Waals surface area contributed by atoms with Crippen molar-refractivity contribution >= 4 is 5.91 Å². The van der Waals surface area contributed by atoms with Crippen molar-refractivity contribution in [1.82, 2.24) is 5.32 Å². The molecule has 0 fully saturated rings. The summed E-state index contributed by atoms with van der Waals surface area (Å²) in [5.41, 5.74) is 1.33. The first-order valence-corrected chi connectivity index (χ1v) is 5.80. The van der Waals surface area contributed by atoms with Gasteiger partial charge in [-0.25, -0.2) is 0 Å². The predicted octanol–water partition coefficient (Wildman–Crippen LogP) is 3.14. The molecule has 0 aromatic heterocycles. The molecule has 0 spiro atoms. The zero-order chi connectivity index (χ0) is 12.0. The minimum absolute atomic E-state index is 0.0408. The molecular formula is C13H25NO. The van der Waals surface area contributed by atoms with Crippen LogP contribution in [0.1, 0.15) is 48.0 Å². The van der Waals surface area contributed by atoms with Gasteiger partial charge in [0.1, 0.15) is 0 Å². The highest BCUT2D eigenvalue weighted by Crippen LogP contribution is 2.21. The minimum atomic E-state index is 0.0408. The maximum atomic E-state index is 11.0. The average molecular weight is 211 g/mol. The summed E-state index contributed by atoms with van der Waals surface area (Å²) in [5, 5.41) is 2.93. The van der Waals surface area contributed by atoms with E-state index in [1.54, 1.807) is 6.92 Å². The summed E-state index contributed by atoms with van der Waals surface area (Å²) in [5.74, 6) is 1.39. The fourth-order valence-corrected chi connectivity index (χ4v) is 1.55. The summed E-state index contributed by atoms with van der Waals surface area (Å²) in [6.07, 6.45) is 3.19. The highest BCUT2D eigenvalue weighted by molar-refractivity contribution is 5.73. The third-order valence-electron chi connectivity index (χ3n) is 3.04. The normalized spacial score (nSPS) is 16.3. The second-order valence-corrected chi connectivity index (χ2v) is 4.71. The molecule has 0 bridgehead atoms. The maximum absolute atomic E-state index is 11.0. The predicted molar refractivity (Wildman–Crippen MR) is 65.7 cm³/mol. The Balaban J connectivity index is 4.32. The second-order valence-electron chi connectivity index (χ2n) is 4.71. The Labute approximate surface area is 94.1 Å². The van der Waals surface area contributed by atoms with Gasteiger partial charge in [-0.2, -0.15) is 0 Å². The Kier molecular flexibility index (Phi) is 6.30. The lowest BCUT2D eigenvalue weighted by Crippen LogP contribution is -2.32. The summed E-state index contributed by atoms with van der Waals surface area (Å²) in [6.45, 7) is 12.4. The van der Waals surface area contributed by atoms with Crippen LogP contribution in [0.4, 0.5) is 0 Å². The van der Waals surface area contributed by atoms with Crippen LogP contribution in [0.25, 0.3) is 0 Å². The molecule has 2 heteroatoms. The molecule has 0 aromatic rings. The largest absolute Gasteiger partial charge is 0.350 e. The molecule has 0 saturated heterocycles. The number of amides is 1. The fourth-order valence-electron chi connectivity index (χ4n) is 1.55. The number of allylic oxidation sites excluding steroid dienone is 1. The molecule has 2 unspecified atom stereocenters. The van der Waals surface area contributed by atoms with E-state index in [0.717, 1.165) is 6.42 Å². The number of carbonyl (C=O) groups is 1. The van der Waals surface area contributed by atoms with Crippen LogP contribution >= 0.6 is 0 Å². The summed E-state index contributed by atoms with van der Waals surface area (Å²) in [6, 6.07) is 0.161. The van der Waals surface area contributed by atoms with Gasteiger partial charge in [0.15, 0.2) is 0 Å². The number of rotatable bonds is 5. The topological polar surface area (TPSA) is 29.1 Å². The maximum Gasteiger partial charge on any atom is 0.217 e. The molecule has 0 rings (SSSR count). The van der Waals surface area contributed by atoms with Crippen molar-refractivity contribution in [3.05, 3.63) is 11.6 Å². The van der Waals surface area contributed by atoms with Gasteiger partial charge in [-0.05, 0) is 32.1 Å². The van der Waals surface area contributed by atoms with Gasteiger partial charge in [-0.1, -0.05) is 32.4 Å². The molecule has 0 saturated carbocycles. The van der Waals surface area contributed by atoms with Crippen molar-refractivity contribution in [3.63, 3.8) is 0 Å². The zero-order valence-corrected chi connectivity index (χ0v) is 10.9. The Morgan fingerprint density at radius 1 is 1.27 bits per heavy atom. The van der Waals surface area contributed by atoms with E-state index in [-0.39, 0.29) is 11.9 Å². The summed E-state index contributed by atoms with van der Waals surface area (Å²) < 4.78 is 0. The number of carbonyl (C=O) groups excluding carboxylic acids is 1. The Bertz CT molecular complexity index is 231. The van der Waals surface area contributed by atoms with Crippen molar-refractivity contribution < 1.29 is 4.79 Å². The zero-order valence-electron chi connectivity index (χ0n) is 10.9. The van der Waals surface area contributed by atoms with Crippen LogP contribution < -0.4 is 5.32 Å². The van der Waals surface area contributed by atoms with Gasteiger partial charge in [-0.15, -0.1) is 0 Å². The van der Waals surface area contributed by atoms with E-state index in [9.17, 15) is 4.79 Å². The van der Waals surface area contributed by atoms with Gasteiger partial charge in [0.25, 0.3) is 0 Å². The molecule has 2 atom stereocenters. The van der Waals surface area contributed by atoms with Crippen molar-refractivity contribution in [3.8, 4) is 0 Å². The molecule has 1 amide bonds. The van der Waals surface area contributed by atoms with E-state index in [0.29, 0.717) is 11.8 Å². The van der Waals surface area contributed by atoms with Crippen LogP contribution in [-0.2, 0) is 4.79 Å². The molecule has 0 heterocycles. The molecule has 88 valence electrons. The number of hydrogen-bond donors (Lipinski definition) is 1. The average Bonchev–Trinajstić information content (AvgIpc) is 2.11. The van der Waals surface area contributed by atoms with Crippen molar-refractivity contribution in [2.45, 2.75) is 54.0 Å². The van der Waals surface area contributed by atoms with Crippen LogP contribution in [0.5, 0.6) is 0 Å². The summed E-state index contributed by atoms with van der Waals surface area (Å²) in [7, 11) is 0. The van der Waals surface area contributed by atoms with E-state index in [4.69, 9.17) is 0 Å². The third kappa shape index (κ3) is 5.60. The molecule has 0 aliphatic heterocycles. The monoisotopic (exact) mass is 211 g/mol. The quantitative estimate of drug-likeness (QED) is 0.695. The van der Waals surface area contributed by atoms with Crippen LogP contribution in [0.15, 0.2) is 11.6 Å². The first-order valence-electron chi connectivity index (χ1n) is 5.80. The van der Waals surface area contributed by atoms with Gasteiger partial charge >= 0.3 is 0 Å². The molecule has 0 aromatic carbocycles. The van der Waals surface area contributed by atoms with Gasteiger partial charge in [-0.3, -0.25) is 4.79 Å². The number of nitrogens with one attached hydrogen (secondary N) is 1. The molecule has 0 aliphatic carbocycles. The van der Waals surface area contributed by atoms with E-state index >= 15 is 0 Å². The van der Waals surface area contributed by atoms with Crippen LogP contribution in [0, 0.1) is 11.8 Å². The van der Waals surface area contributed by atoms with Gasteiger partial charge < -0.3 is 5.32 Å². The molecular weight excluding hydrogens is 186 g/mol. The van der Waals surface area contributed by atoms with Gasteiger partial charge in [0.05, 0.1) is 0 Å². The Hall–Kier alpha value is -0.790.